The number of rotatable bonds is 9. The summed E-state index contributed by atoms with van der Waals surface area (Å²) in [5.74, 6) is -1.90. The molecule has 1 rings (SSSR count). The second-order valence-corrected chi connectivity index (χ2v) is 16.4. The average molecular weight is 547 g/mol. The van der Waals surface area contributed by atoms with Gasteiger partial charge in [-0.15, -0.1) is 0 Å². The Hall–Kier alpha value is -2.37. The van der Waals surface area contributed by atoms with Gasteiger partial charge in [-0.1, -0.05) is 62.3 Å². The van der Waals surface area contributed by atoms with E-state index in [1.54, 1.807) is 0 Å². The highest BCUT2D eigenvalue weighted by Crippen LogP contribution is 2.34. The molecule has 0 aromatic heterocycles. The molecule has 0 fully saturated rings. The predicted molar refractivity (Wildman–Crippen MR) is 157 cm³/mol. The van der Waals surface area contributed by atoms with Crippen LogP contribution in [-0.2, 0) is 14.2 Å². The molecule has 0 saturated carbocycles. The highest BCUT2D eigenvalue weighted by molar-refractivity contribution is 6.05. The van der Waals surface area contributed by atoms with Gasteiger partial charge in [0.1, 0.15) is 16.8 Å². The van der Waals surface area contributed by atoms with Gasteiger partial charge in [-0.3, -0.25) is 0 Å². The monoisotopic (exact) mass is 546 g/mol. The third-order valence-corrected chi connectivity index (χ3v) is 5.67. The fraction of sp³-hybridized carbons (Fsp3) is 0.727. The molecule has 0 spiro atoms. The Bertz CT molecular complexity index is 1040. The second-order valence-electron chi connectivity index (χ2n) is 16.4. The van der Waals surface area contributed by atoms with E-state index in [2.05, 4.69) is 62.3 Å². The number of carbonyl (C=O) groups is 3. The molecular weight excluding hydrogens is 492 g/mol. The molecule has 0 aliphatic heterocycles. The molecule has 0 atom stereocenters. The molecule has 0 radical (unpaired) electrons. The Morgan fingerprint density at radius 1 is 0.487 bits per heavy atom. The van der Waals surface area contributed by atoms with E-state index in [0.29, 0.717) is 19.3 Å². The third kappa shape index (κ3) is 13.0. The predicted octanol–water partition coefficient (Wildman–Crippen LogP) is 8.80. The first-order valence-corrected chi connectivity index (χ1v) is 13.9. The molecule has 0 aliphatic rings. The topological polar surface area (TPSA) is 78.9 Å². The fourth-order valence-corrected chi connectivity index (χ4v) is 5.88. The van der Waals surface area contributed by atoms with Crippen molar-refractivity contribution >= 4 is 17.9 Å². The Morgan fingerprint density at radius 2 is 0.795 bits per heavy atom. The zero-order valence-corrected chi connectivity index (χ0v) is 27.3. The number of esters is 3. The lowest BCUT2D eigenvalue weighted by Gasteiger charge is -2.33. The highest BCUT2D eigenvalue weighted by Gasteiger charge is 2.35. The summed E-state index contributed by atoms with van der Waals surface area (Å²) in [5.41, 5.74) is -2.30. The first kappa shape index (κ1) is 34.7. The van der Waals surface area contributed by atoms with Crippen molar-refractivity contribution in [3.8, 4) is 0 Å². The molecule has 0 saturated heterocycles. The standard InChI is InChI=1S/C33H54O6/c1-28(2,3)19-31(10,11)37-25(34)22-16-17-23(26(35)38-32(12,13)20-29(4,5)6)24(18-22)27(36)39-33(14,15)21-30(7,8)9/h16-18H,19-21H2,1-15H3. The smallest absolute Gasteiger partial charge is 0.339 e. The van der Waals surface area contributed by atoms with E-state index in [0.717, 1.165) is 0 Å². The zero-order valence-electron chi connectivity index (χ0n) is 27.3. The lowest BCUT2D eigenvalue weighted by Crippen LogP contribution is -2.35. The lowest BCUT2D eigenvalue weighted by molar-refractivity contribution is -0.0227. The molecule has 0 unspecified atom stereocenters. The van der Waals surface area contributed by atoms with Crippen molar-refractivity contribution in [2.75, 3.05) is 0 Å². The van der Waals surface area contributed by atoms with E-state index in [-0.39, 0.29) is 32.9 Å². The van der Waals surface area contributed by atoms with Crippen LogP contribution >= 0.6 is 0 Å². The summed E-state index contributed by atoms with van der Waals surface area (Å²) >= 11 is 0. The SMILES string of the molecule is CC(C)(C)CC(C)(C)OC(=O)c1ccc(C(=O)OC(C)(C)CC(C)(C)C)c(C(=O)OC(C)(C)CC(C)(C)C)c1. The summed E-state index contributed by atoms with van der Waals surface area (Å²) in [6, 6.07) is 4.34. The minimum Gasteiger partial charge on any atom is -0.456 e. The van der Waals surface area contributed by atoms with E-state index < -0.39 is 34.7 Å². The van der Waals surface area contributed by atoms with Gasteiger partial charge < -0.3 is 14.2 Å². The molecule has 222 valence electrons. The van der Waals surface area contributed by atoms with Gasteiger partial charge >= 0.3 is 17.9 Å². The quantitative estimate of drug-likeness (QED) is 0.227. The maximum Gasteiger partial charge on any atom is 0.339 e. The molecule has 0 N–H and O–H groups in total. The van der Waals surface area contributed by atoms with Gasteiger partial charge in [0.15, 0.2) is 0 Å². The van der Waals surface area contributed by atoms with Gasteiger partial charge in [-0.25, -0.2) is 14.4 Å². The van der Waals surface area contributed by atoms with Gasteiger partial charge in [-0.05, 0) is 95.2 Å². The minimum atomic E-state index is -0.798. The van der Waals surface area contributed by atoms with Crippen LogP contribution in [0.5, 0.6) is 0 Å². The summed E-state index contributed by atoms with van der Waals surface area (Å²) in [7, 11) is 0. The summed E-state index contributed by atoms with van der Waals surface area (Å²) in [4.78, 5) is 40.1. The Morgan fingerprint density at radius 3 is 1.13 bits per heavy atom. The fourth-order valence-electron chi connectivity index (χ4n) is 5.88. The Balaban J connectivity index is 3.47. The summed E-state index contributed by atoms with van der Waals surface area (Å²) in [6.07, 6.45) is 1.87. The molecule has 0 heterocycles. The van der Waals surface area contributed by atoms with Crippen LogP contribution in [-0.4, -0.2) is 34.7 Å². The number of hydrogen-bond donors (Lipinski definition) is 0. The van der Waals surface area contributed by atoms with Crippen LogP contribution in [0.25, 0.3) is 0 Å². The number of carbonyl (C=O) groups excluding carboxylic acids is 3. The van der Waals surface area contributed by atoms with Gasteiger partial charge in [0.05, 0.1) is 16.7 Å². The number of hydrogen-bond acceptors (Lipinski definition) is 6. The largest absolute Gasteiger partial charge is 0.456 e. The maximum absolute atomic E-state index is 13.5. The molecule has 1 aromatic carbocycles. The van der Waals surface area contributed by atoms with Gasteiger partial charge in [-0.2, -0.15) is 0 Å². The molecule has 6 nitrogen and oxygen atoms in total. The number of ether oxygens (including phenoxy) is 3. The van der Waals surface area contributed by atoms with Gasteiger partial charge in [0, 0.05) is 0 Å². The van der Waals surface area contributed by atoms with E-state index in [4.69, 9.17) is 14.2 Å². The normalized spacial score (nSPS) is 13.6. The van der Waals surface area contributed by atoms with Crippen molar-refractivity contribution in [2.45, 2.75) is 140 Å². The summed E-state index contributed by atoms with van der Waals surface area (Å²) in [5, 5.41) is 0. The van der Waals surface area contributed by atoms with Gasteiger partial charge in [0.25, 0.3) is 0 Å². The van der Waals surface area contributed by atoms with E-state index >= 15 is 0 Å². The van der Waals surface area contributed by atoms with Crippen LogP contribution in [0.2, 0.25) is 0 Å². The first-order chi connectivity index (χ1) is 17.1. The van der Waals surface area contributed by atoms with Crippen molar-refractivity contribution in [1.29, 1.82) is 0 Å². The molecule has 6 heteroatoms. The molecule has 0 aliphatic carbocycles. The molecule has 1 aromatic rings. The molecule has 0 amide bonds. The van der Waals surface area contributed by atoms with E-state index in [1.807, 2.05) is 41.5 Å². The highest BCUT2D eigenvalue weighted by atomic mass is 16.6. The van der Waals surface area contributed by atoms with Crippen molar-refractivity contribution in [3.05, 3.63) is 34.9 Å². The third-order valence-electron chi connectivity index (χ3n) is 5.67. The van der Waals surface area contributed by atoms with Crippen LogP contribution in [0.15, 0.2) is 18.2 Å². The zero-order chi connectivity index (χ0) is 30.8. The van der Waals surface area contributed by atoms with Crippen LogP contribution in [0.4, 0.5) is 0 Å². The van der Waals surface area contributed by atoms with Crippen LogP contribution in [0.3, 0.4) is 0 Å². The van der Waals surface area contributed by atoms with E-state index in [9.17, 15) is 14.4 Å². The molecular formula is C33H54O6. The lowest BCUT2D eigenvalue weighted by atomic mass is 9.83. The average Bonchev–Trinajstić information content (AvgIpc) is 2.59. The van der Waals surface area contributed by atoms with Crippen LogP contribution < -0.4 is 0 Å². The second kappa shape index (κ2) is 11.6. The van der Waals surface area contributed by atoms with E-state index in [1.165, 1.54) is 18.2 Å². The van der Waals surface area contributed by atoms with Gasteiger partial charge in [0.2, 0.25) is 0 Å². The molecule has 0 bridgehead atoms. The maximum atomic E-state index is 13.5. The summed E-state index contributed by atoms with van der Waals surface area (Å²) < 4.78 is 17.6. The summed E-state index contributed by atoms with van der Waals surface area (Å²) in [6.45, 7) is 29.8. The van der Waals surface area contributed by atoms with Crippen LogP contribution in [0.1, 0.15) is 154 Å². The molecule has 39 heavy (non-hydrogen) atoms. The minimum absolute atomic E-state index is 0.0170. The van der Waals surface area contributed by atoms with Crippen LogP contribution in [0, 0.1) is 16.2 Å². The van der Waals surface area contributed by atoms with Crippen molar-refractivity contribution in [3.63, 3.8) is 0 Å². The first-order valence-electron chi connectivity index (χ1n) is 13.9. The Labute approximate surface area is 237 Å². The Kier molecular flexibility index (Phi) is 10.3. The van der Waals surface area contributed by atoms with Crippen molar-refractivity contribution in [2.24, 2.45) is 16.2 Å². The number of benzene rings is 1. The van der Waals surface area contributed by atoms with Crippen molar-refractivity contribution < 1.29 is 28.6 Å². The van der Waals surface area contributed by atoms with Crippen molar-refractivity contribution in [1.82, 2.24) is 0 Å².